The maximum Gasteiger partial charge on any atom is 0.254 e. The molecule has 0 saturated carbocycles. The van der Waals surface area contributed by atoms with Gasteiger partial charge in [0, 0.05) is 30.5 Å². The summed E-state index contributed by atoms with van der Waals surface area (Å²) in [5, 5.41) is 13.7. The summed E-state index contributed by atoms with van der Waals surface area (Å²) in [4.78, 5) is 18.9. The SMILES string of the molecule is COc1ccc2cc([C@@H](c3nnnn3C[C@H]3CCCO3)N3CCCc4ccccc43)c(=O)[nH]c2c1. The maximum atomic E-state index is 13.6. The predicted molar refractivity (Wildman–Crippen MR) is 132 cm³/mol. The minimum atomic E-state index is -0.442. The Hall–Kier alpha value is -3.72. The Morgan fingerprint density at radius 3 is 2.97 bits per heavy atom. The topological polar surface area (TPSA) is 98.2 Å². The van der Waals surface area contributed by atoms with Crippen LogP contribution in [-0.4, -0.2) is 51.6 Å². The number of aromatic nitrogens is 5. The molecule has 9 nitrogen and oxygen atoms in total. The van der Waals surface area contributed by atoms with E-state index in [2.05, 4.69) is 43.6 Å². The van der Waals surface area contributed by atoms with Crippen molar-refractivity contribution in [1.82, 2.24) is 25.2 Å². The molecule has 2 aliphatic heterocycles. The number of anilines is 1. The number of pyridine rings is 1. The Balaban J connectivity index is 1.51. The van der Waals surface area contributed by atoms with Gasteiger partial charge in [0.05, 0.1) is 25.3 Å². The molecule has 4 aromatic rings. The van der Waals surface area contributed by atoms with E-state index in [4.69, 9.17) is 9.47 Å². The van der Waals surface area contributed by atoms with Gasteiger partial charge in [-0.3, -0.25) is 4.79 Å². The van der Waals surface area contributed by atoms with E-state index in [1.807, 2.05) is 35.0 Å². The van der Waals surface area contributed by atoms with Gasteiger partial charge >= 0.3 is 0 Å². The molecule has 0 radical (unpaired) electrons. The summed E-state index contributed by atoms with van der Waals surface area (Å²) in [5.74, 6) is 1.35. The number of hydrogen-bond acceptors (Lipinski definition) is 7. The van der Waals surface area contributed by atoms with Crippen LogP contribution in [0.1, 0.15) is 42.3 Å². The third kappa shape index (κ3) is 4.05. The highest BCUT2D eigenvalue weighted by molar-refractivity contribution is 5.81. The van der Waals surface area contributed by atoms with E-state index >= 15 is 0 Å². The molecule has 6 rings (SSSR count). The number of benzene rings is 2. The first kappa shape index (κ1) is 21.8. The third-order valence-electron chi connectivity index (χ3n) is 7.04. The summed E-state index contributed by atoms with van der Waals surface area (Å²) in [7, 11) is 1.62. The highest BCUT2D eigenvalue weighted by Gasteiger charge is 2.34. The van der Waals surface area contributed by atoms with Crippen LogP contribution in [0.2, 0.25) is 0 Å². The lowest BCUT2D eigenvalue weighted by Gasteiger charge is -2.37. The Labute approximate surface area is 202 Å². The minimum Gasteiger partial charge on any atom is -0.497 e. The lowest BCUT2D eigenvalue weighted by Crippen LogP contribution is -2.39. The van der Waals surface area contributed by atoms with Gasteiger partial charge in [0.15, 0.2) is 5.82 Å². The molecule has 35 heavy (non-hydrogen) atoms. The van der Waals surface area contributed by atoms with E-state index in [1.165, 1.54) is 5.56 Å². The molecule has 0 bridgehead atoms. The number of hydrogen-bond donors (Lipinski definition) is 1. The Morgan fingerprint density at radius 1 is 1.20 bits per heavy atom. The highest BCUT2D eigenvalue weighted by Crippen LogP contribution is 2.37. The monoisotopic (exact) mass is 472 g/mol. The summed E-state index contributed by atoms with van der Waals surface area (Å²) >= 11 is 0. The molecular weight excluding hydrogens is 444 g/mol. The number of fused-ring (bicyclic) bond motifs is 2. The second kappa shape index (κ2) is 9.14. The zero-order valence-corrected chi connectivity index (χ0v) is 19.7. The molecule has 0 unspecified atom stereocenters. The smallest absolute Gasteiger partial charge is 0.254 e. The van der Waals surface area contributed by atoms with E-state index in [9.17, 15) is 4.79 Å². The van der Waals surface area contributed by atoms with E-state index in [0.717, 1.165) is 55.4 Å². The fourth-order valence-corrected chi connectivity index (χ4v) is 5.32. The number of tetrazole rings is 1. The summed E-state index contributed by atoms with van der Waals surface area (Å²) in [6, 6.07) is 15.6. The molecule has 2 aromatic heterocycles. The number of ether oxygens (including phenoxy) is 2. The Bertz CT molecular complexity index is 1410. The molecule has 0 spiro atoms. The molecule has 2 atom stereocenters. The van der Waals surface area contributed by atoms with Crippen LogP contribution in [0, 0.1) is 0 Å². The van der Waals surface area contributed by atoms with Crippen molar-refractivity contribution in [1.29, 1.82) is 0 Å². The van der Waals surface area contributed by atoms with E-state index in [1.54, 1.807) is 7.11 Å². The largest absolute Gasteiger partial charge is 0.497 e. The van der Waals surface area contributed by atoms with E-state index in [0.29, 0.717) is 23.7 Å². The van der Waals surface area contributed by atoms with Gasteiger partial charge in [0.1, 0.15) is 11.8 Å². The molecule has 2 aromatic carbocycles. The van der Waals surface area contributed by atoms with Crippen LogP contribution in [0.5, 0.6) is 5.75 Å². The molecule has 0 amide bonds. The first-order chi connectivity index (χ1) is 17.2. The maximum absolute atomic E-state index is 13.6. The van der Waals surface area contributed by atoms with Crippen molar-refractivity contribution < 1.29 is 9.47 Å². The second-order valence-corrected chi connectivity index (χ2v) is 9.19. The van der Waals surface area contributed by atoms with Gasteiger partial charge in [-0.25, -0.2) is 4.68 Å². The molecule has 2 aliphatic rings. The minimum absolute atomic E-state index is 0.0777. The van der Waals surface area contributed by atoms with Crippen LogP contribution in [0.25, 0.3) is 10.9 Å². The number of para-hydroxylation sites is 1. The number of aryl methyl sites for hydroxylation is 1. The fraction of sp³-hybridized carbons (Fsp3) is 0.385. The van der Waals surface area contributed by atoms with Crippen molar-refractivity contribution in [2.75, 3.05) is 25.2 Å². The van der Waals surface area contributed by atoms with Crippen LogP contribution in [0.4, 0.5) is 5.69 Å². The van der Waals surface area contributed by atoms with Crippen molar-refractivity contribution in [2.45, 2.75) is 44.4 Å². The molecule has 1 N–H and O–H groups in total. The van der Waals surface area contributed by atoms with E-state index < -0.39 is 6.04 Å². The quantitative estimate of drug-likeness (QED) is 0.460. The summed E-state index contributed by atoms with van der Waals surface area (Å²) in [6.07, 6.45) is 4.10. The van der Waals surface area contributed by atoms with Gasteiger partial charge in [-0.05, 0) is 71.3 Å². The second-order valence-electron chi connectivity index (χ2n) is 9.19. The number of aromatic amines is 1. The van der Waals surface area contributed by atoms with Gasteiger partial charge in [-0.15, -0.1) is 5.10 Å². The van der Waals surface area contributed by atoms with Gasteiger partial charge in [0.25, 0.3) is 5.56 Å². The Morgan fingerprint density at radius 2 is 2.11 bits per heavy atom. The number of methoxy groups -OCH3 is 1. The number of nitrogens with zero attached hydrogens (tertiary/aromatic N) is 5. The number of nitrogens with one attached hydrogen (secondary N) is 1. The summed E-state index contributed by atoms with van der Waals surface area (Å²) < 4.78 is 13.0. The van der Waals surface area contributed by atoms with Crippen LogP contribution >= 0.6 is 0 Å². The average molecular weight is 473 g/mol. The number of rotatable bonds is 6. The zero-order chi connectivity index (χ0) is 23.8. The van der Waals surface area contributed by atoms with Crippen LogP contribution in [0.3, 0.4) is 0 Å². The average Bonchev–Trinajstić information content (AvgIpc) is 3.57. The first-order valence-electron chi connectivity index (χ1n) is 12.1. The fourth-order valence-electron chi connectivity index (χ4n) is 5.32. The number of H-pyrrole nitrogens is 1. The molecule has 1 saturated heterocycles. The molecule has 4 heterocycles. The van der Waals surface area contributed by atoms with Gasteiger partial charge < -0.3 is 19.4 Å². The normalized spacial score (nSPS) is 18.5. The van der Waals surface area contributed by atoms with Crippen LogP contribution in [0.15, 0.2) is 53.3 Å². The standard InChI is InChI=1S/C26H28N6O3/c1-34-19-11-10-18-14-21(26(33)27-22(18)15-19)24(31-12-4-7-17-6-2-3-9-23(17)31)25-28-29-30-32(25)16-20-8-5-13-35-20/h2-3,6,9-11,14-15,20,24H,4-5,7-8,12-13,16H2,1H3,(H,27,33)/t20-,24+/m1/s1. The van der Waals surface area contributed by atoms with Gasteiger partial charge in [0.2, 0.25) is 0 Å². The van der Waals surface area contributed by atoms with Crippen molar-refractivity contribution in [3.05, 3.63) is 75.8 Å². The molecule has 9 heteroatoms. The van der Waals surface area contributed by atoms with Gasteiger partial charge in [-0.1, -0.05) is 18.2 Å². The van der Waals surface area contributed by atoms with Gasteiger partial charge in [-0.2, -0.15) is 0 Å². The molecule has 180 valence electrons. The van der Waals surface area contributed by atoms with E-state index in [-0.39, 0.29) is 11.7 Å². The van der Waals surface area contributed by atoms with Crippen molar-refractivity contribution in [3.8, 4) is 5.75 Å². The lowest BCUT2D eigenvalue weighted by atomic mass is 9.96. The first-order valence-corrected chi connectivity index (χ1v) is 12.1. The van der Waals surface area contributed by atoms with Crippen molar-refractivity contribution in [2.24, 2.45) is 0 Å². The molecular formula is C26H28N6O3. The predicted octanol–water partition coefficient (Wildman–Crippen LogP) is 3.24. The van der Waals surface area contributed by atoms with Crippen LogP contribution < -0.4 is 15.2 Å². The zero-order valence-electron chi connectivity index (χ0n) is 19.7. The summed E-state index contributed by atoms with van der Waals surface area (Å²) in [6.45, 7) is 2.13. The molecule has 1 fully saturated rings. The highest BCUT2D eigenvalue weighted by atomic mass is 16.5. The lowest BCUT2D eigenvalue weighted by molar-refractivity contribution is 0.0924. The Kier molecular flexibility index (Phi) is 5.69. The summed E-state index contributed by atoms with van der Waals surface area (Å²) in [5.41, 5.74) is 3.57. The third-order valence-corrected chi connectivity index (χ3v) is 7.04. The van der Waals surface area contributed by atoms with Crippen molar-refractivity contribution in [3.63, 3.8) is 0 Å². The van der Waals surface area contributed by atoms with Crippen LogP contribution in [-0.2, 0) is 17.7 Å². The molecule has 0 aliphatic carbocycles. The van der Waals surface area contributed by atoms with Crippen molar-refractivity contribution >= 4 is 16.6 Å².